The first kappa shape index (κ1) is 24.9. The van der Waals surface area contributed by atoms with Gasteiger partial charge in [-0.25, -0.2) is 4.52 Å². The number of aryl methyl sites for hydroxylation is 1. The molecule has 0 radical (unpaired) electrons. The van der Waals surface area contributed by atoms with E-state index >= 15 is 0 Å². The van der Waals surface area contributed by atoms with Crippen LogP contribution in [0, 0.1) is 6.92 Å². The van der Waals surface area contributed by atoms with Crippen molar-refractivity contribution in [1.82, 2.24) is 19.5 Å². The predicted octanol–water partition coefficient (Wildman–Crippen LogP) is 6.50. The molecule has 3 heterocycles. The largest absolute Gasteiger partial charge is 0.492 e. The van der Waals surface area contributed by atoms with E-state index in [1.165, 1.54) is 31.5 Å². The predicted molar refractivity (Wildman–Crippen MR) is 155 cm³/mol. The summed E-state index contributed by atoms with van der Waals surface area (Å²) in [6.07, 6.45) is 2.60. The maximum absolute atomic E-state index is 6.08. The molecular formula is C32H33N5O2. The van der Waals surface area contributed by atoms with Crippen molar-refractivity contribution in [3.63, 3.8) is 0 Å². The van der Waals surface area contributed by atoms with Crippen molar-refractivity contribution in [2.75, 3.05) is 31.6 Å². The van der Waals surface area contributed by atoms with E-state index < -0.39 is 0 Å². The molecule has 198 valence electrons. The lowest BCUT2D eigenvalue weighted by molar-refractivity contribution is 0.238. The topological polar surface area (TPSA) is 63.9 Å². The fraction of sp³-hybridized carbons (Fsp3) is 0.250. The smallest absolute Gasteiger partial charge is 0.247 e. The van der Waals surface area contributed by atoms with Crippen LogP contribution in [0.25, 0.3) is 16.9 Å². The van der Waals surface area contributed by atoms with E-state index in [0.29, 0.717) is 19.2 Å². The van der Waals surface area contributed by atoms with E-state index in [0.717, 1.165) is 46.2 Å². The maximum Gasteiger partial charge on any atom is 0.247 e. The van der Waals surface area contributed by atoms with Gasteiger partial charge in [0.15, 0.2) is 5.65 Å². The third-order valence-corrected chi connectivity index (χ3v) is 7.00. The molecule has 5 aromatic rings. The normalized spacial score (nSPS) is 13.6. The molecule has 6 rings (SSSR count). The molecule has 1 saturated heterocycles. The first-order valence-electron chi connectivity index (χ1n) is 13.6. The molecule has 1 fully saturated rings. The Labute approximate surface area is 229 Å². The average Bonchev–Trinajstić information content (AvgIpc) is 3.63. The Balaban J connectivity index is 1.12. The second-order valence-electron chi connectivity index (χ2n) is 9.97. The monoisotopic (exact) mass is 519 g/mol. The van der Waals surface area contributed by atoms with E-state index in [9.17, 15) is 0 Å². The van der Waals surface area contributed by atoms with Crippen LogP contribution in [0.3, 0.4) is 0 Å². The summed E-state index contributed by atoms with van der Waals surface area (Å²) in [7, 11) is 0. The van der Waals surface area contributed by atoms with E-state index in [1.54, 1.807) is 0 Å². The molecule has 1 aliphatic rings. The quantitative estimate of drug-likeness (QED) is 0.227. The zero-order valence-corrected chi connectivity index (χ0v) is 22.2. The second-order valence-corrected chi connectivity index (χ2v) is 9.97. The number of aromatic nitrogens is 3. The van der Waals surface area contributed by atoms with Gasteiger partial charge in [-0.3, -0.25) is 4.90 Å². The molecule has 0 amide bonds. The number of pyridine rings is 1. The Kier molecular flexibility index (Phi) is 7.41. The third kappa shape index (κ3) is 6.21. The van der Waals surface area contributed by atoms with Crippen molar-refractivity contribution in [2.24, 2.45) is 0 Å². The molecule has 2 aromatic heterocycles. The van der Waals surface area contributed by atoms with Gasteiger partial charge in [0, 0.05) is 17.8 Å². The van der Waals surface area contributed by atoms with Gasteiger partial charge in [0.05, 0.1) is 5.69 Å². The number of nitrogens with one attached hydrogen (secondary N) is 1. The van der Waals surface area contributed by atoms with Gasteiger partial charge < -0.3 is 14.8 Å². The molecule has 0 atom stereocenters. The molecule has 1 aliphatic heterocycles. The van der Waals surface area contributed by atoms with Gasteiger partial charge in [0.25, 0.3) is 0 Å². The highest BCUT2D eigenvalue weighted by molar-refractivity contribution is 5.66. The molecule has 0 aliphatic carbocycles. The number of nitrogens with zero attached hydrogens (tertiary/aromatic N) is 4. The van der Waals surface area contributed by atoms with Crippen LogP contribution in [-0.4, -0.2) is 45.7 Å². The first-order valence-corrected chi connectivity index (χ1v) is 13.6. The zero-order valence-electron chi connectivity index (χ0n) is 22.2. The highest BCUT2D eigenvalue weighted by Gasteiger charge is 2.12. The summed E-state index contributed by atoms with van der Waals surface area (Å²) in [6.45, 7) is 6.67. The average molecular weight is 520 g/mol. The lowest BCUT2D eigenvalue weighted by atomic mass is 10.1. The molecule has 0 spiro atoms. The van der Waals surface area contributed by atoms with Gasteiger partial charge in [-0.15, -0.1) is 5.10 Å². The second kappa shape index (κ2) is 11.6. The third-order valence-electron chi connectivity index (χ3n) is 7.00. The number of benzene rings is 3. The number of hydrogen-bond donors (Lipinski definition) is 1. The Morgan fingerprint density at radius 2 is 1.62 bits per heavy atom. The molecule has 7 heteroatoms. The van der Waals surface area contributed by atoms with Crippen LogP contribution in [0.4, 0.5) is 11.6 Å². The van der Waals surface area contributed by atoms with Crippen LogP contribution in [0.5, 0.6) is 11.5 Å². The maximum atomic E-state index is 6.08. The van der Waals surface area contributed by atoms with E-state index in [1.807, 2.05) is 65.2 Å². The van der Waals surface area contributed by atoms with Crippen LogP contribution < -0.4 is 14.8 Å². The van der Waals surface area contributed by atoms with Crippen molar-refractivity contribution >= 4 is 17.3 Å². The lowest BCUT2D eigenvalue weighted by Crippen LogP contribution is -2.25. The van der Waals surface area contributed by atoms with E-state index in [2.05, 4.69) is 52.5 Å². The number of hydrogen-bond acceptors (Lipinski definition) is 6. The summed E-state index contributed by atoms with van der Waals surface area (Å²) in [5, 5.41) is 8.07. The molecule has 1 N–H and O–H groups in total. The Hall–Kier alpha value is -4.36. The molecule has 7 nitrogen and oxygen atoms in total. The van der Waals surface area contributed by atoms with Gasteiger partial charge in [-0.1, -0.05) is 48.0 Å². The zero-order chi connectivity index (χ0) is 26.4. The lowest BCUT2D eigenvalue weighted by Gasteiger charge is -2.15. The summed E-state index contributed by atoms with van der Waals surface area (Å²) in [6, 6.07) is 30.4. The van der Waals surface area contributed by atoms with Crippen LogP contribution in [-0.2, 0) is 6.61 Å². The number of anilines is 2. The molecular weight excluding hydrogens is 486 g/mol. The summed E-state index contributed by atoms with van der Waals surface area (Å²) in [5.41, 5.74) is 6.00. The summed E-state index contributed by atoms with van der Waals surface area (Å²) >= 11 is 0. The Bertz CT molecular complexity index is 1520. The SMILES string of the molecule is Cc1ccc(COc2cccc(-c3cccc4nc(Nc5ccc(OCCN6CCCC6)cc5)nn34)c2)cc1. The van der Waals surface area contributed by atoms with Gasteiger partial charge in [-0.2, -0.15) is 4.98 Å². The first-order chi connectivity index (χ1) is 19.2. The van der Waals surface area contributed by atoms with Crippen molar-refractivity contribution in [2.45, 2.75) is 26.4 Å². The van der Waals surface area contributed by atoms with Crippen LogP contribution in [0.2, 0.25) is 0 Å². The number of likely N-dealkylation sites (tertiary alicyclic amines) is 1. The summed E-state index contributed by atoms with van der Waals surface area (Å²) < 4.78 is 13.9. The Morgan fingerprint density at radius 3 is 2.44 bits per heavy atom. The van der Waals surface area contributed by atoms with Crippen LogP contribution in [0.15, 0.2) is 91.0 Å². The summed E-state index contributed by atoms with van der Waals surface area (Å²) in [4.78, 5) is 7.14. The van der Waals surface area contributed by atoms with E-state index in [4.69, 9.17) is 14.6 Å². The number of rotatable bonds is 10. The van der Waals surface area contributed by atoms with Gasteiger partial charge >= 0.3 is 0 Å². The van der Waals surface area contributed by atoms with Gasteiger partial charge in [0.1, 0.15) is 24.7 Å². The fourth-order valence-corrected chi connectivity index (χ4v) is 4.84. The molecule has 0 unspecified atom stereocenters. The molecule has 39 heavy (non-hydrogen) atoms. The van der Waals surface area contributed by atoms with Crippen LogP contribution >= 0.6 is 0 Å². The van der Waals surface area contributed by atoms with Gasteiger partial charge in [-0.05, 0) is 86.9 Å². The van der Waals surface area contributed by atoms with Crippen molar-refractivity contribution in [3.8, 4) is 22.8 Å². The minimum absolute atomic E-state index is 0.521. The standard InChI is InChI=1S/C32H33N5O2/c1-24-10-12-25(13-11-24)23-39-29-7-4-6-26(22-29)30-8-5-9-31-34-32(35-37(30)31)33-27-14-16-28(17-15-27)38-21-20-36-18-2-3-19-36/h4-17,22H,2-3,18-21,23H2,1H3,(H,33,35). The minimum Gasteiger partial charge on any atom is -0.492 e. The van der Waals surface area contributed by atoms with Crippen molar-refractivity contribution < 1.29 is 9.47 Å². The highest BCUT2D eigenvalue weighted by atomic mass is 16.5. The summed E-state index contributed by atoms with van der Waals surface area (Å²) in [5.74, 6) is 2.22. The minimum atomic E-state index is 0.521. The molecule has 3 aromatic carbocycles. The number of fused-ring (bicyclic) bond motifs is 1. The molecule has 0 saturated carbocycles. The van der Waals surface area contributed by atoms with Crippen molar-refractivity contribution in [3.05, 3.63) is 102 Å². The van der Waals surface area contributed by atoms with E-state index in [-0.39, 0.29) is 0 Å². The van der Waals surface area contributed by atoms with Gasteiger partial charge in [0.2, 0.25) is 5.95 Å². The Morgan fingerprint density at radius 1 is 0.821 bits per heavy atom. The van der Waals surface area contributed by atoms with Crippen LogP contribution in [0.1, 0.15) is 24.0 Å². The highest BCUT2D eigenvalue weighted by Crippen LogP contribution is 2.26. The fourth-order valence-electron chi connectivity index (χ4n) is 4.84. The number of ether oxygens (including phenoxy) is 2. The molecule has 0 bridgehead atoms. The van der Waals surface area contributed by atoms with Crippen molar-refractivity contribution in [1.29, 1.82) is 0 Å².